The maximum Gasteiger partial charge on any atom is 0.328 e. The van der Waals surface area contributed by atoms with Crippen LogP contribution in [0.1, 0.15) is 11.1 Å². The van der Waals surface area contributed by atoms with Gasteiger partial charge in [0, 0.05) is 21.7 Å². The van der Waals surface area contributed by atoms with Gasteiger partial charge in [-0.15, -0.1) is 0 Å². The lowest BCUT2D eigenvalue weighted by atomic mass is 9.97. The Bertz CT molecular complexity index is 671. The number of hydrogen-bond donors (Lipinski definition) is 1. The van der Waals surface area contributed by atoms with E-state index in [0.717, 1.165) is 6.08 Å². The zero-order valence-electron chi connectivity index (χ0n) is 11.1. The highest BCUT2D eigenvalue weighted by Crippen LogP contribution is 2.35. The lowest BCUT2D eigenvalue weighted by Gasteiger charge is -2.12. The van der Waals surface area contributed by atoms with Gasteiger partial charge in [0.05, 0.1) is 7.11 Å². The van der Waals surface area contributed by atoms with Crippen molar-refractivity contribution in [2.45, 2.75) is 0 Å². The molecule has 2 rings (SSSR count). The van der Waals surface area contributed by atoms with Crippen LogP contribution in [0.5, 0.6) is 5.75 Å². The Morgan fingerprint density at radius 3 is 2.14 bits per heavy atom. The van der Waals surface area contributed by atoms with Gasteiger partial charge in [0.15, 0.2) is 0 Å². The van der Waals surface area contributed by atoms with E-state index in [1.54, 1.807) is 49.6 Å². The Kier molecular flexibility index (Phi) is 4.89. The van der Waals surface area contributed by atoms with Crippen LogP contribution in [-0.2, 0) is 4.79 Å². The average Bonchev–Trinajstić information content (AvgIpc) is 2.46. The maximum atomic E-state index is 11.1. The van der Waals surface area contributed by atoms with E-state index in [0.29, 0.717) is 32.5 Å². The molecular formula is C16H12Cl2O3. The summed E-state index contributed by atoms with van der Waals surface area (Å²) in [5.41, 5.74) is 1.63. The van der Waals surface area contributed by atoms with Crippen LogP contribution in [0.3, 0.4) is 0 Å². The lowest BCUT2D eigenvalue weighted by molar-refractivity contribution is -0.131. The predicted octanol–water partition coefficient (Wildman–Crippen LogP) is 4.52. The molecular weight excluding hydrogens is 311 g/mol. The number of carboxylic acids is 1. The molecule has 21 heavy (non-hydrogen) atoms. The van der Waals surface area contributed by atoms with E-state index >= 15 is 0 Å². The Hall–Kier alpha value is -1.97. The highest BCUT2D eigenvalue weighted by atomic mass is 35.5. The maximum absolute atomic E-state index is 11.1. The van der Waals surface area contributed by atoms with E-state index in [1.807, 2.05) is 0 Å². The number of halogens is 2. The molecule has 0 aliphatic rings. The number of benzene rings is 2. The predicted molar refractivity (Wildman–Crippen MR) is 84.2 cm³/mol. The van der Waals surface area contributed by atoms with Crippen LogP contribution in [0, 0.1) is 0 Å². The fourth-order valence-electron chi connectivity index (χ4n) is 1.95. The van der Waals surface area contributed by atoms with Gasteiger partial charge in [-0.2, -0.15) is 0 Å². The summed E-state index contributed by atoms with van der Waals surface area (Å²) in [6.07, 6.45) is 1.09. The molecule has 1 N–H and O–H groups in total. The van der Waals surface area contributed by atoms with Gasteiger partial charge in [0.25, 0.3) is 0 Å². The van der Waals surface area contributed by atoms with Gasteiger partial charge < -0.3 is 9.84 Å². The molecule has 5 heteroatoms. The van der Waals surface area contributed by atoms with Crippen LogP contribution in [0.25, 0.3) is 5.57 Å². The van der Waals surface area contributed by atoms with E-state index in [-0.39, 0.29) is 0 Å². The van der Waals surface area contributed by atoms with E-state index in [9.17, 15) is 4.79 Å². The Balaban J connectivity index is 2.61. The second-order valence-corrected chi connectivity index (χ2v) is 5.04. The van der Waals surface area contributed by atoms with Gasteiger partial charge >= 0.3 is 5.97 Å². The van der Waals surface area contributed by atoms with Crippen LogP contribution in [0.15, 0.2) is 48.5 Å². The summed E-state index contributed by atoms with van der Waals surface area (Å²) >= 11 is 12.3. The molecule has 108 valence electrons. The van der Waals surface area contributed by atoms with Crippen molar-refractivity contribution in [3.05, 3.63) is 69.7 Å². The van der Waals surface area contributed by atoms with Crippen molar-refractivity contribution in [2.75, 3.05) is 7.11 Å². The first-order valence-electron chi connectivity index (χ1n) is 6.06. The summed E-state index contributed by atoms with van der Waals surface area (Å²) in [7, 11) is 1.56. The quantitative estimate of drug-likeness (QED) is 0.842. The first-order valence-corrected chi connectivity index (χ1v) is 6.82. The highest BCUT2D eigenvalue weighted by Gasteiger charge is 2.14. The minimum atomic E-state index is -1.07. The van der Waals surface area contributed by atoms with Crippen molar-refractivity contribution in [1.82, 2.24) is 0 Å². The van der Waals surface area contributed by atoms with Gasteiger partial charge in [-0.1, -0.05) is 41.4 Å². The number of carboxylic acid groups (broad SMARTS) is 1. The van der Waals surface area contributed by atoms with Crippen molar-refractivity contribution in [2.24, 2.45) is 0 Å². The standard InChI is InChI=1S/C16H12Cl2O3/c1-21-11-7-5-10(6-8-11)12(9-15(19)20)16-13(17)3-2-4-14(16)18/h2-9H,1H3,(H,19,20)/b12-9-. The van der Waals surface area contributed by atoms with Gasteiger partial charge in [-0.05, 0) is 35.4 Å². The van der Waals surface area contributed by atoms with Crippen LogP contribution < -0.4 is 4.74 Å². The number of hydrogen-bond acceptors (Lipinski definition) is 2. The van der Waals surface area contributed by atoms with E-state index in [1.165, 1.54) is 0 Å². The second kappa shape index (κ2) is 6.66. The number of ether oxygens (including phenoxy) is 1. The molecule has 0 spiro atoms. The molecule has 0 aliphatic heterocycles. The minimum absolute atomic E-state index is 0.394. The number of rotatable bonds is 4. The molecule has 2 aromatic carbocycles. The molecule has 0 radical (unpaired) electrons. The fourth-order valence-corrected chi connectivity index (χ4v) is 2.55. The van der Waals surface area contributed by atoms with Crippen LogP contribution >= 0.6 is 23.2 Å². The third-order valence-corrected chi connectivity index (χ3v) is 3.53. The van der Waals surface area contributed by atoms with Crippen LogP contribution in [0.2, 0.25) is 10.0 Å². The van der Waals surface area contributed by atoms with Crippen molar-refractivity contribution < 1.29 is 14.6 Å². The molecule has 2 aromatic rings. The molecule has 0 bridgehead atoms. The smallest absolute Gasteiger partial charge is 0.328 e. The molecule has 0 saturated heterocycles. The van der Waals surface area contributed by atoms with Gasteiger partial charge in [-0.3, -0.25) is 0 Å². The summed E-state index contributed by atoms with van der Waals surface area (Å²) in [6, 6.07) is 12.1. The van der Waals surface area contributed by atoms with E-state index < -0.39 is 5.97 Å². The lowest BCUT2D eigenvalue weighted by Crippen LogP contribution is -1.96. The largest absolute Gasteiger partial charge is 0.497 e. The molecule has 0 amide bonds. The van der Waals surface area contributed by atoms with Crippen molar-refractivity contribution in [1.29, 1.82) is 0 Å². The minimum Gasteiger partial charge on any atom is -0.497 e. The van der Waals surface area contributed by atoms with Crippen LogP contribution in [0.4, 0.5) is 0 Å². The molecule has 0 atom stereocenters. The first-order chi connectivity index (χ1) is 10.0. The number of methoxy groups -OCH3 is 1. The summed E-state index contributed by atoms with van der Waals surface area (Å²) in [5.74, 6) is -0.393. The number of aliphatic carboxylic acids is 1. The SMILES string of the molecule is COc1ccc(/C(=C/C(=O)O)c2c(Cl)cccc2Cl)cc1. The zero-order chi connectivity index (χ0) is 15.4. The fraction of sp³-hybridized carbons (Fsp3) is 0.0625. The summed E-state index contributed by atoms with van der Waals surface area (Å²) in [4.78, 5) is 11.1. The monoisotopic (exact) mass is 322 g/mol. The molecule has 0 aromatic heterocycles. The molecule has 0 fully saturated rings. The zero-order valence-corrected chi connectivity index (χ0v) is 12.7. The normalized spacial score (nSPS) is 11.3. The summed E-state index contributed by atoms with van der Waals surface area (Å²) in [5, 5.41) is 9.89. The van der Waals surface area contributed by atoms with Gasteiger partial charge in [0.2, 0.25) is 0 Å². The van der Waals surface area contributed by atoms with Crippen molar-refractivity contribution in [3.63, 3.8) is 0 Å². The topological polar surface area (TPSA) is 46.5 Å². The second-order valence-electron chi connectivity index (χ2n) is 4.22. The van der Waals surface area contributed by atoms with Crippen LogP contribution in [-0.4, -0.2) is 18.2 Å². The summed E-state index contributed by atoms with van der Waals surface area (Å²) in [6.45, 7) is 0. The molecule has 3 nitrogen and oxygen atoms in total. The van der Waals surface area contributed by atoms with Crippen molar-refractivity contribution in [3.8, 4) is 5.75 Å². The highest BCUT2D eigenvalue weighted by molar-refractivity contribution is 6.38. The molecule has 0 saturated carbocycles. The van der Waals surface area contributed by atoms with Gasteiger partial charge in [-0.25, -0.2) is 4.79 Å². The molecule has 0 unspecified atom stereocenters. The van der Waals surface area contributed by atoms with E-state index in [4.69, 9.17) is 33.0 Å². The summed E-state index contributed by atoms with van der Waals surface area (Å²) < 4.78 is 5.10. The third kappa shape index (κ3) is 3.57. The number of carbonyl (C=O) groups is 1. The molecule has 0 aliphatic carbocycles. The average molecular weight is 323 g/mol. The Labute approximate surface area is 132 Å². The first kappa shape index (κ1) is 15.4. The Morgan fingerprint density at radius 2 is 1.67 bits per heavy atom. The van der Waals surface area contributed by atoms with E-state index in [2.05, 4.69) is 0 Å². The van der Waals surface area contributed by atoms with Crippen molar-refractivity contribution >= 4 is 34.7 Å². The molecule has 0 heterocycles. The van der Waals surface area contributed by atoms with Gasteiger partial charge in [0.1, 0.15) is 5.75 Å². The third-order valence-electron chi connectivity index (χ3n) is 2.90. The Morgan fingerprint density at radius 1 is 1.10 bits per heavy atom.